The summed E-state index contributed by atoms with van der Waals surface area (Å²) in [5.41, 5.74) is 3.85. The van der Waals surface area contributed by atoms with Gasteiger partial charge in [0, 0.05) is 5.56 Å². The molecular weight excluding hydrogens is 285 g/mol. The van der Waals surface area contributed by atoms with Crippen LogP contribution in [0.3, 0.4) is 0 Å². The average molecular weight is 296 g/mol. The molecule has 0 amide bonds. The molecule has 21 heavy (non-hydrogen) atoms. The number of benzene rings is 2. The molecule has 2 aromatic carbocycles. The largest absolute Gasteiger partial charge is 0.457 e. The van der Waals surface area contributed by atoms with Gasteiger partial charge in [-0.3, -0.25) is 0 Å². The SMILES string of the molecule is N/C(=N/O)c1cc(Oc2ccccc2)ccc1C(F)(F)F. The Morgan fingerprint density at radius 3 is 2.29 bits per heavy atom. The zero-order valence-corrected chi connectivity index (χ0v) is 10.6. The maximum Gasteiger partial charge on any atom is 0.417 e. The van der Waals surface area contributed by atoms with Crippen LogP contribution in [0.5, 0.6) is 11.5 Å². The Morgan fingerprint density at radius 1 is 1.05 bits per heavy atom. The molecular formula is C14H11F3N2O2. The van der Waals surface area contributed by atoms with Crippen molar-refractivity contribution in [2.24, 2.45) is 10.9 Å². The molecule has 0 radical (unpaired) electrons. The minimum Gasteiger partial charge on any atom is -0.457 e. The third-order valence-electron chi connectivity index (χ3n) is 2.66. The lowest BCUT2D eigenvalue weighted by Gasteiger charge is -2.14. The zero-order chi connectivity index (χ0) is 15.5. The van der Waals surface area contributed by atoms with Crippen molar-refractivity contribution in [3.05, 3.63) is 59.7 Å². The molecule has 4 nitrogen and oxygen atoms in total. The van der Waals surface area contributed by atoms with Gasteiger partial charge in [0.2, 0.25) is 0 Å². The summed E-state index contributed by atoms with van der Waals surface area (Å²) in [5, 5.41) is 11.2. The van der Waals surface area contributed by atoms with Crippen molar-refractivity contribution < 1.29 is 23.1 Å². The zero-order valence-electron chi connectivity index (χ0n) is 10.6. The molecule has 0 aromatic heterocycles. The van der Waals surface area contributed by atoms with Gasteiger partial charge >= 0.3 is 6.18 Å². The van der Waals surface area contributed by atoms with E-state index >= 15 is 0 Å². The van der Waals surface area contributed by atoms with Crippen LogP contribution in [0.25, 0.3) is 0 Å². The fourth-order valence-electron chi connectivity index (χ4n) is 1.72. The van der Waals surface area contributed by atoms with Crippen molar-refractivity contribution in [3.63, 3.8) is 0 Å². The van der Waals surface area contributed by atoms with E-state index in [0.717, 1.165) is 12.1 Å². The summed E-state index contributed by atoms with van der Waals surface area (Å²) in [5.74, 6) is -0.0284. The Hall–Kier alpha value is -2.70. The Bertz CT molecular complexity index is 655. The number of rotatable bonds is 3. The summed E-state index contributed by atoms with van der Waals surface area (Å²) in [4.78, 5) is 0. The Kier molecular flexibility index (Phi) is 4.02. The van der Waals surface area contributed by atoms with Crippen LogP contribution in [0.4, 0.5) is 13.2 Å². The number of nitrogens with zero attached hydrogens (tertiary/aromatic N) is 1. The Balaban J connectivity index is 2.43. The van der Waals surface area contributed by atoms with Crippen LogP contribution in [0.1, 0.15) is 11.1 Å². The van der Waals surface area contributed by atoms with Gasteiger partial charge in [0.05, 0.1) is 5.56 Å². The number of halogens is 3. The minimum absolute atomic E-state index is 0.149. The standard InChI is InChI=1S/C14H11F3N2O2/c15-14(16,17)12-7-6-10(8-11(12)13(18)19-20)21-9-4-2-1-3-5-9/h1-8,20H,(H2,18,19). The lowest BCUT2D eigenvalue weighted by molar-refractivity contribution is -0.137. The molecule has 0 aliphatic carbocycles. The third kappa shape index (κ3) is 3.44. The Labute approximate surface area is 118 Å². The van der Waals surface area contributed by atoms with E-state index in [2.05, 4.69) is 5.16 Å². The molecule has 0 saturated heterocycles. The highest BCUT2D eigenvalue weighted by molar-refractivity contribution is 5.99. The number of ether oxygens (including phenoxy) is 1. The van der Waals surface area contributed by atoms with Crippen molar-refractivity contribution in [2.45, 2.75) is 6.18 Å². The highest BCUT2D eigenvalue weighted by Gasteiger charge is 2.34. The van der Waals surface area contributed by atoms with Crippen LogP contribution >= 0.6 is 0 Å². The number of para-hydroxylation sites is 1. The second-order valence-corrected chi connectivity index (χ2v) is 4.11. The van der Waals surface area contributed by atoms with Crippen LogP contribution in [-0.4, -0.2) is 11.0 Å². The van der Waals surface area contributed by atoms with E-state index < -0.39 is 23.1 Å². The van der Waals surface area contributed by atoms with Crippen molar-refractivity contribution in [1.29, 1.82) is 0 Å². The first-order valence-electron chi connectivity index (χ1n) is 5.84. The van der Waals surface area contributed by atoms with Crippen LogP contribution in [-0.2, 0) is 6.18 Å². The molecule has 0 unspecified atom stereocenters. The van der Waals surface area contributed by atoms with E-state index in [9.17, 15) is 13.2 Å². The molecule has 0 aliphatic rings. The fraction of sp³-hybridized carbons (Fsp3) is 0.0714. The summed E-state index contributed by atoms with van der Waals surface area (Å²) in [6.07, 6.45) is -4.62. The van der Waals surface area contributed by atoms with Gasteiger partial charge in [0.15, 0.2) is 5.84 Å². The first-order chi connectivity index (χ1) is 9.91. The third-order valence-corrected chi connectivity index (χ3v) is 2.66. The number of hydrogen-bond acceptors (Lipinski definition) is 3. The van der Waals surface area contributed by atoms with Gasteiger partial charge in [-0.25, -0.2) is 0 Å². The van der Waals surface area contributed by atoms with Crippen LogP contribution in [0.15, 0.2) is 53.7 Å². The number of hydrogen-bond donors (Lipinski definition) is 2. The van der Waals surface area contributed by atoms with E-state index in [1.807, 2.05) is 0 Å². The first-order valence-corrected chi connectivity index (χ1v) is 5.84. The fourth-order valence-corrected chi connectivity index (χ4v) is 1.72. The van der Waals surface area contributed by atoms with Crippen LogP contribution in [0, 0.1) is 0 Å². The maximum atomic E-state index is 12.9. The second-order valence-electron chi connectivity index (χ2n) is 4.11. The predicted octanol–water partition coefficient (Wildman–Crippen LogP) is 3.59. The highest BCUT2D eigenvalue weighted by atomic mass is 19.4. The van der Waals surface area contributed by atoms with Gasteiger partial charge in [-0.2, -0.15) is 13.2 Å². The molecule has 0 bridgehead atoms. The summed E-state index contributed by atoms with van der Waals surface area (Å²) in [7, 11) is 0. The number of oxime groups is 1. The van der Waals surface area contributed by atoms with E-state index in [0.29, 0.717) is 5.75 Å². The Morgan fingerprint density at radius 2 is 1.71 bits per heavy atom. The molecule has 2 aromatic rings. The van der Waals surface area contributed by atoms with Gasteiger partial charge in [0.25, 0.3) is 0 Å². The lowest BCUT2D eigenvalue weighted by atomic mass is 10.1. The van der Waals surface area contributed by atoms with E-state index in [-0.39, 0.29) is 5.75 Å². The van der Waals surface area contributed by atoms with Crippen molar-refractivity contribution >= 4 is 5.84 Å². The maximum absolute atomic E-state index is 12.9. The summed E-state index contributed by atoms with van der Waals surface area (Å²) < 4.78 is 44.0. The van der Waals surface area contributed by atoms with Gasteiger partial charge in [-0.15, -0.1) is 0 Å². The molecule has 0 aliphatic heterocycles. The first kappa shape index (κ1) is 14.7. The van der Waals surface area contributed by atoms with E-state index in [1.165, 1.54) is 6.07 Å². The summed E-state index contributed by atoms with van der Waals surface area (Å²) >= 11 is 0. The monoisotopic (exact) mass is 296 g/mol. The van der Waals surface area contributed by atoms with Crippen molar-refractivity contribution in [1.82, 2.24) is 0 Å². The molecule has 0 fully saturated rings. The molecule has 0 heterocycles. The number of amidine groups is 1. The second kappa shape index (κ2) is 5.74. The van der Waals surface area contributed by atoms with Crippen molar-refractivity contribution in [2.75, 3.05) is 0 Å². The van der Waals surface area contributed by atoms with Gasteiger partial charge < -0.3 is 15.7 Å². The van der Waals surface area contributed by atoms with Crippen LogP contribution < -0.4 is 10.5 Å². The topological polar surface area (TPSA) is 67.8 Å². The van der Waals surface area contributed by atoms with Crippen LogP contribution in [0.2, 0.25) is 0 Å². The molecule has 110 valence electrons. The van der Waals surface area contributed by atoms with Gasteiger partial charge in [-0.05, 0) is 30.3 Å². The van der Waals surface area contributed by atoms with Gasteiger partial charge in [-0.1, -0.05) is 23.4 Å². The molecule has 3 N–H and O–H groups in total. The van der Waals surface area contributed by atoms with E-state index in [4.69, 9.17) is 15.7 Å². The van der Waals surface area contributed by atoms with Gasteiger partial charge in [0.1, 0.15) is 11.5 Å². The highest BCUT2D eigenvalue weighted by Crippen LogP contribution is 2.34. The average Bonchev–Trinajstić information content (AvgIpc) is 2.46. The lowest BCUT2D eigenvalue weighted by Crippen LogP contribution is -2.20. The number of nitrogens with two attached hydrogens (primary N) is 1. The van der Waals surface area contributed by atoms with E-state index in [1.54, 1.807) is 30.3 Å². The summed E-state index contributed by atoms with van der Waals surface area (Å²) in [6, 6.07) is 11.6. The molecule has 0 atom stereocenters. The summed E-state index contributed by atoms with van der Waals surface area (Å²) in [6.45, 7) is 0. The molecule has 0 spiro atoms. The normalized spacial score (nSPS) is 12.2. The quantitative estimate of drug-likeness (QED) is 0.393. The number of alkyl halides is 3. The minimum atomic E-state index is -4.62. The molecule has 0 saturated carbocycles. The smallest absolute Gasteiger partial charge is 0.417 e. The predicted molar refractivity (Wildman–Crippen MR) is 70.5 cm³/mol. The molecule has 2 rings (SSSR count). The molecule has 7 heteroatoms. The van der Waals surface area contributed by atoms with Crippen molar-refractivity contribution in [3.8, 4) is 11.5 Å².